The van der Waals surface area contributed by atoms with E-state index in [4.69, 9.17) is 4.74 Å². The van der Waals surface area contributed by atoms with Crippen molar-refractivity contribution in [3.8, 4) is 5.75 Å². The largest absolute Gasteiger partial charge is 0.497 e. The average Bonchev–Trinajstić information content (AvgIpc) is 2.74. The SMILES string of the molecule is COc1ccc(CCNC2CCCC(C(C)C)CC2)cc1. The van der Waals surface area contributed by atoms with Gasteiger partial charge in [0.15, 0.2) is 0 Å². The molecule has 118 valence electrons. The summed E-state index contributed by atoms with van der Waals surface area (Å²) >= 11 is 0. The van der Waals surface area contributed by atoms with Crippen molar-refractivity contribution in [2.75, 3.05) is 13.7 Å². The van der Waals surface area contributed by atoms with Gasteiger partial charge in [-0.2, -0.15) is 0 Å². The molecule has 0 saturated heterocycles. The molecule has 2 atom stereocenters. The number of nitrogens with one attached hydrogen (secondary N) is 1. The van der Waals surface area contributed by atoms with Crippen LogP contribution in [0.1, 0.15) is 51.5 Å². The predicted molar refractivity (Wildman–Crippen MR) is 89.9 cm³/mol. The third kappa shape index (κ3) is 5.35. The Bertz CT molecular complexity index is 399. The van der Waals surface area contributed by atoms with Crippen LogP contribution in [-0.4, -0.2) is 19.7 Å². The topological polar surface area (TPSA) is 21.3 Å². The van der Waals surface area contributed by atoms with Crippen LogP contribution in [0.2, 0.25) is 0 Å². The minimum Gasteiger partial charge on any atom is -0.497 e. The van der Waals surface area contributed by atoms with Crippen LogP contribution in [-0.2, 0) is 6.42 Å². The fraction of sp³-hybridized carbons (Fsp3) is 0.684. The standard InChI is InChI=1S/C19H31NO/c1-15(2)17-5-4-6-18(10-9-17)20-14-13-16-7-11-19(21-3)12-8-16/h7-8,11-12,15,17-18,20H,4-6,9-10,13-14H2,1-3H3. The van der Waals surface area contributed by atoms with E-state index in [2.05, 4.69) is 31.3 Å². The molecule has 1 fully saturated rings. The Balaban J connectivity index is 1.70. The zero-order valence-electron chi connectivity index (χ0n) is 13.9. The first-order chi connectivity index (χ1) is 10.2. The summed E-state index contributed by atoms with van der Waals surface area (Å²) in [4.78, 5) is 0. The van der Waals surface area contributed by atoms with E-state index < -0.39 is 0 Å². The lowest BCUT2D eigenvalue weighted by atomic mass is 9.89. The second-order valence-corrected chi connectivity index (χ2v) is 6.76. The predicted octanol–water partition coefficient (Wildman–Crippen LogP) is 4.43. The second kappa shape index (κ2) is 8.43. The molecule has 0 spiro atoms. The van der Waals surface area contributed by atoms with Crippen molar-refractivity contribution < 1.29 is 4.74 Å². The van der Waals surface area contributed by atoms with Gasteiger partial charge in [0.05, 0.1) is 7.11 Å². The molecule has 2 unspecified atom stereocenters. The molecule has 21 heavy (non-hydrogen) atoms. The van der Waals surface area contributed by atoms with Crippen LogP contribution in [0, 0.1) is 11.8 Å². The summed E-state index contributed by atoms with van der Waals surface area (Å²) in [5, 5.41) is 3.77. The van der Waals surface area contributed by atoms with Crippen molar-refractivity contribution >= 4 is 0 Å². The van der Waals surface area contributed by atoms with Gasteiger partial charge in [-0.25, -0.2) is 0 Å². The molecule has 1 N–H and O–H groups in total. The van der Waals surface area contributed by atoms with Gasteiger partial charge in [-0.05, 0) is 61.8 Å². The number of ether oxygens (including phenoxy) is 1. The molecular weight excluding hydrogens is 258 g/mol. The zero-order chi connectivity index (χ0) is 15.1. The van der Waals surface area contributed by atoms with Gasteiger partial charge in [-0.1, -0.05) is 38.8 Å². The van der Waals surface area contributed by atoms with Crippen molar-refractivity contribution in [2.24, 2.45) is 11.8 Å². The molecule has 2 nitrogen and oxygen atoms in total. The van der Waals surface area contributed by atoms with Crippen molar-refractivity contribution in [3.05, 3.63) is 29.8 Å². The van der Waals surface area contributed by atoms with Gasteiger partial charge >= 0.3 is 0 Å². The summed E-state index contributed by atoms with van der Waals surface area (Å²) in [6.45, 7) is 5.84. The van der Waals surface area contributed by atoms with Crippen LogP contribution >= 0.6 is 0 Å². The molecule has 2 heteroatoms. The van der Waals surface area contributed by atoms with Gasteiger partial charge in [0.1, 0.15) is 5.75 Å². The van der Waals surface area contributed by atoms with E-state index in [1.54, 1.807) is 7.11 Å². The highest BCUT2D eigenvalue weighted by molar-refractivity contribution is 5.27. The third-order valence-corrected chi connectivity index (χ3v) is 4.96. The first-order valence-corrected chi connectivity index (χ1v) is 8.55. The molecule has 0 aliphatic heterocycles. The second-order valence-electron chi connectivity index (χ2n) is 6.76. The van der Waals surface area contributed by atoms with E-state index in [0.29, 0.717) is 0 Å². The molecular formula is C19H31NO. The molecule has 1 aliphatic carbocycles. The maximum atomic E-state index is 5.20. The van der Waals surface area contributed by atoms with E-state index in [0.717, 1.165) is 36.6 Å². The number of hydrogen-bond donors (Lipinski definition) is 1. The maximum Gasteiger partial charge on any atom is 0.118 e. The quantitative estimate of drug-likeness (QED) is 0.782. The Labute approximate surface area is 130 Å². The zero-order valence-corrected chi connectivity index (χ0v) is 13.9. The molecule has 1 aliphatic rings. The minimum atomic E-state index is 0.729. The van der Waals surface area contributed by atoms with Crippen molar-refractivity contribution in [2.45, 2.75) is 58.4 Å². The molecule has 2 rings (SSSR count). The lowest BCUT2D eigenvalue weighted by molar-refractivity contribution is 0.338. The smallest absolute Gasteiger partial charge is 0.118 e. The third-order valence-electron chi connectivity index (χ3n) is 4.96. The Hall–Kier alpha value is -1.02. The maximum absolute atomic E-state index is 5.20. The van der Waals surface area contributed by atoms with Crippen LogP contribution in [0.5, 0.6) is 5.75 Å². The molecule has 0 bridgehead atoms. The van der Waals surface area contributed by atoms with Crippen LogP contribution in [0.15, 0.2) is 24.3 Å². The van der Waals surface area contributed by atoms with Gasteiger partial charge in [0.25, 0.3) is 0 Å². The summed E-state index contributed by atoms with van der Waals surface area (Å²) in [7, 11) is 1.72. The first-order valence-electron chi connectivity index (χ1n) is 8.55. The Morgan fingerprint density at radius 2 is 1.86 bits per heavy atom. The lowest BCUT2D eigenvalue weighted by Gasteiger charge is -2.19. The molecule has 0 radical (unpaired) electrons. The lowest BCUT2D eigenvalue weighted by Crippen LogP contribution is -2.30. The summed E-state index contributed by atoms with van der Waals surface area (Å²) in [5.74, 6) is 2.73. The highest BCUT2D eigenvalue weighted by Crippen LogP contribution is 2.28. The molecule has 1 saturated carbocycles. The highest BCUT2D eigenvalue weighted by Gasteiger charge is 2.20. The van der Waals surface area contributed by atoms with Gasteiger partial charge in [-0.3, -0.25) is 0 Å². The fourth-order valence-electron chi connectivity index (χ4n) is 3.41. The van der Waals surface area contributed by atoms with Crippen molar-refractivity contribution in [1.29, 1.82) is 0 Å². The average molecular weight is 289 g/mol. The molecule has 0 heterocycles. The van der Waals surface area contributed by atoms with Crippen molar-refractivity contribution in [3.63, 3.8) is 0 Å². The number of benzene rings is 1. The van der Waals surface area contributed by atoms with E-state index in [9.17, 15) is 0 Å². The summed E-state index contributed by atoms with van der Waals surface area (Å²) < 4.78 is 5.20. The van der Waals surface area contributed by atoms with E-state index >= 15 is 0 Å². The first kappa shape index (κ1) is 16.4. The van der Waals surface area contributed by atoms with Gasteiger partial charge < -0.3 is 10.1 Å². The van der Waals surface area contributed by atoms with Crippen LogP contribution in [0.3, 0.4) is 0 Å². The van der Waals surface area contributed by atoms with Gasteiger partial charge in [-0.15, -0.1) is 0 Å². The summed E-state index contributed by atoms with van der Waals surface area (Å²) in [6, 6.07) is 9.17. The number of methoxy groups -OCH3 is 1. The van der Waals surface area contributed by atoms with Crippen LogP contribution in [0.4, 0.5) is 0 Å². The normalized spacial score (nSPS) is 23.0. The molecule has 1 aromatic carbocycles. The highest BCUT2D eigenvalue weighted by atomic mass is 16.5. The monoisotopic (exact) mass is 289 g/mol. The van der Waals surface area contributed by atoms with Crippen LogP contribution in [0.25, 0.3) is 0 Å². The fourth-order valence-corrected chi connectivity index (χ4v) is 3.41. The van der Waals surface area contributed by atoms with Crippen molar-refractivity contribution in [1.82, 2.24) is 5.32 Å². The molecule has 0 amide bonds. The van der Waals surface area contributed by atoms with E-state index in [1.807, 2.05) is 12.1 Å². The van der Waals surface area contributed by atoms with Crippen LogP contribution < -0.4 is 10.1 Å². The Kier molecular flexibility index (Phi) is 6.56. The van der Waals surface area contributed by atoms with E-state index in [1.165, 1.54) is 37.7 Å². The Morgan fingerprint density at radius 1 is 1.10 bits per heavy atom. The molecule has 1 aromatic rings. The minimum absolute atomic E-state index is 0.729. The molecule has 0 aromatic heterocycles. The number of rotatable bonds is 6. The van der Waals surface area contributed by atoms with Gasteiger partial charge in [0.2, 0.25) is 0 Å². The summed E-state index contributed by atoms with van der Waals surface area (Å²) in [5.41, 5.74) is 1.39. The van der Waals surface area contributed by atoms with E-state index in [-0.39, 0.29) is 0 Å². The number of hydrogen-bond acceptors (Lipinski definition) is 2. The Morgan fingerprint density at radius 3 is 2.52 bits per heavy atom. The van der Waals surface area contributed by atoms with Gasteiger partial charge in [0, 0.05) is 6.04 Å². The summed E-state index contributed by atoms with van der Waals surface area (Å²) in [6.07, 6.45) is 8.03.